The molecule has 1 aromatic rings. The first-order valence-electron chi connectivity index (χ1n) is 4.93. The van der Waals surface area contributed by atoms with Crippen LogP contribution in [0.5, 0.6) is 0 Å². The van der Waals surface area contributed by atoms with Crippen molar-refractivity contribution in [2.24, 2.45) is 5.73 Å². The standard InChI is InChI=1S/C11H13BrFNS/c1-6-4-10(14)7-2-3-9(13)11(12)8(7)5-15-6/h2-3,6,10H,4-5,14H2,1H3. The maximum absolute atomic E-state index is 13.4. The number of halogens is 2. The summed E-state index contributed by atoms with van der Waals surface area (Å²) < 4.78 is 13.9. The van der Waals surface area contributed by atoms with Crippen LogP contribution in [0.25, 0.3) is 0 Å². The van der Waals surface area contributed by atoms with Crippen LogP contribution in [-0.4, -0.2) is 5.25 Å². The summed E-state index contributed by atoms with van der Waals surface area (Å²) in [6.07, 6.45) is 0.954. The fourth-order valence-corrected chi connectivity index (χ4v) is 3.67. The number of hydrogen-bond donors (Lipinski definition) is 1. The van der Waals surface area contributed by atoms with E-state index in [0.717, 1.165) is 23.3 Å². The molecule has 0 amide bonds. The van der Waals surface area contributed by atoms with Gasteiger partial charge < -0.3 is 5.73 Å². The number of thioether (sulfide) groups is 1. The van der Waals surface area contributed by atoms with Gasteiger partial charge in [0.1, 0.15) is 5.82 Å². The minimum atomic E-state index is -0.198. The Kier molecular flexibility index (Phi) is 3.38. The Morgan fingerprint density at radius 2 is 2.27 bits per heavy atom. The minimum absolute atomic E-state index is 0.0295. The molecule has 4 heteroatoms. The molecule has 15 heavy (non-hydrogen) atoms. The van der Waals surface area contributed by atoms with E-state index in [9.17, 15) is 4.39 Å². The van der Waals surface area contributed by atoms with Crippen molar-refractivity contribution < 1.29 is 4.39 Å². The topological polar surface area (TPSA) is 26.0 Å². The first-order valence-corrected chi connectivity index (χ1v) is 6.77. The van der Waals surface area contributed by atoms with Crippen LogP contribution in [-0.2, 0) is 5.75 Å². The molecule has 82 valence electrons. The molecule has 0 radical (unpaired) electrons. The van der Waals surface area contributed by atoms with E-state index in [-0.39, 0.29) is 11.9 Å². The second-order valence-corrected chi connectivity index (χ2v) is 6.11. The van der Waals surface area contributed by atoms with E-state index in [0.29, 0.717) is 9.72 Å². The highest BCUT2D eigenvalue weighted by atomic mass is 79.9. The van der Waals surface area contributed by atoms with Gasteiger partial charge in [-0.25, -0.2) is 4.39 Å². The number of nitrogens with two attached hydrogens (primary N) is 1. The molecule has 2 rings (SSSR count). The number of benzene rings is 1. The summed E-state index contributed by atoms with van der Waals surface area (Å²) in [6.45, 7) is 2.17. The second-order valence-electron chi connectivity index (χ2n) is 3.89. The monoisotopic (exact) mass is 289 g/mol. The molecule has 0 saturated carbocycles. The third-order valence-electron chi connectivity index (χ3n) is 2.73. The van der Waals surface area contributed by atoms with Crippen molar-refractivity contribution in [2.45, 2.75) is 30.4 Å². The van der Waals surface area contributed by atoms with Crippen molar-refractivity contribution in [3.05, 3.63) is 33.5 Å². The van der Waals surface area contributed by atoms with Crippen LogP contribution in [0.4, 0.5) is 4.39 Å². The van der Waals surface area contributed by atoms with Gasteiger partial charge in [-0.3, -0.25) is 0 Å². The summed E-state index contributed by atoms with van der Waals surface area (Å²) >= 11 is 5.14. The van der Waals surface area contributed by atoms with Gasteiger partial charge in [-0.05, 0) is 39.5 Å². The summed E-state index contributed by atoms with van der Waals surface area (Å²) in [4.78, 5) is 0. The van der Waals surface area contributed by atoms with Gasteiger partial charge in [0, 0.05) is 17.0 Å². The second kappa shape index (κ2) is 4.44. The Morgan fingerprint density at radius 1 is 1.53 bits per heavy atom. The lowest BCUT2D eigenvalue weighted by Gasteiger charge is -2.14. The van der Waals surface area contributed by atoms with Gasteiger partial charge >= 0.3 is 0 Å². The Hall–Kier alpha value is -0.0600. The molecule has 0 fully saturated rings. The predicted molar refractivity (Wildman–Crippen MR) is 66.4 cm³/mol. The maximum atomic E-state index is 13.4. The third kappa shape index (κ3) is 2.22. The van der Waals surface area contributed by atoms with E-state index < -0.39 is 0 Å². The van der Waals surface area contributed by atoms with Gasteiger partial charge in [0.15, 0.2) is 0 Å². The SMILES string of the molecule is CC1CC(N)c2ccc(F)c(Br)c2CS1. The van der Waals surface area contributed by atoms with E-state index >= 15 is 0 Å². The molecule has 0 bridgehead atoms. The average Bonchev–Trinajstić information content (AvgIpc) is 2.32. The van der Waals surface area contributed by atoms with Crippen LogP contribution in [0.3, 0.4) is 0 Å². The fraction of sp³-hybridized carbons (Fsp3) is 0.455. The van der Waals surface area contributed by atoms with Gasteiger partial charge in [-0.1, -0.05) is 13.0 Å². The molecule has 1 heterocycles. The van der Waals surface area contributed by atoms with Crippen LogP contribution in [0.15, 0.2) is 16.6 Å². The first kappa shape index (κ1) is 11.4. The van der Waals surface area contributed by atoms with E-state index in [1.807, 2.05) is 17.8 Å². The van der Waals surface area contributed by atoms with Crippen LogP contribution < -0.4 is 5.73 Å². The fourth-order valence-electron chi connectivity index (χ4n) is 1.88. The Morgan fingerprint density at radius 3 is 3.00 bits per heavy atom. The Balaban J connectivity index is 2.48. The Labute approximate surface area is 102 Å². The zero-order valence-corrected chi connectivity index (χ0v) is 10.9. The lowest BCUT2D eigenvalue weighted by atomic mass is 9.98. The largest absolute Gasteiger partial charge is 0.324 e. The van der Waals surface area contributed by atoms with Crippen LogP contribution in [0.2, 0.25) is 0 Å². The van der Waals surface area contributed by atoms with Crippen molar-refractivity contribution in [1.29, 1.82) is 0 Å². The molecule has 2 atom stereocenters. The average molecular weight is 290 g/mol. The van der Waals surface area contributed by atoms with E-state index in [4.69, 9.17) is 5.73 Å². The molecule has 0 spiro atoms. The highest BCUT2D eigenvalue weighted by Crippen LogP contribution is 2.37. The molecular formula is C11H13BrFNS. The van der Waals surface area contributed by atoms with Gasteiger partial charge in [0.25, 0.3) is 0 Å². The molecular weight excluding hydrogens is 277 g/mol. The number of rotatable bonds is 0. The van der Waals surface area contributed by atoms with Crippen LogP contribution >= 0.6 is 27.7 Å². The quantitative estimate of drug-likeness (QED) is 0.790. The zero-order valence-electron chi connectivity index (χ0n) is 8.47. The van der Waals surface area contributed by atoms with Crippen molar-refractivity contribution in [2.75, 3.05) is 0 Å². The molecule has 2 N–H and O–H groups in total. The lowest BCUT2D eigenvalue weighted by Crippen LogP contribution is -2.14. The summed E-state index contributed by atoms with van der Waals surface area (Å²) in [5.74, 6) is 0.638. The lowest BCUT2D eigenvalue weighted by molar-refractivity contribution is 0.611. The van der Waals surface area contributed by atoms with Gasteiger partial charge in [-0.2, -0.15) is 11.8 Å². The van der Waals surface area contributed by atoms with E-state index in [1.54, 1.807) is 0 Å². The van der Waals surface area contributed by atoms with E-state index in [1.165, 1.54) is 6.07 Å². The van der Waals surface area contributed by atoms with Crippen LogP contribution in [0, 0.1) is 5.82 Å². The van der Waals surface area contributed by atoms with Gasteiger partial charge in [0.2, 0.25) is 0 Å². The normalized spacial score (nSPS) is 25.9. The Bertz CT molecular complexity index is 383. The molecule has 1 aliphatic heterocycles. The highest BCUT2D eigenvalue weighted by Gasteiger charge is 2.22. The minimum Gasteiger partial charge on any atom is -0.324 e. The van der Waals surface area contributed by atoms with Crippen LogP contribution in [0.1, 0.15) is 30.5 Å². The molecule has 2 unspecified atom stereocenters. The van der Waals surface area contributed by atoms with Crippen molar-refractivity contribution in [1.82, 2.24) is 0 Å². The molecule has 0 aromatic heterocycles. The number of fused-ring (bicyclic) bond motifs is 1. The van der Waals surface area contributed by atoms with Crippen molar-refractivity contribution >= 4 is 27.7 Å². The zero-order chi connectivity index (χ0) is 11.0. The summed E-state index contributed by atoms with van der Waals surface area (Å²) in [6, 6.07) is 3.34. The summed E-state index contributed by atoms with van der Waals surface area (Å²) in [5, 5.41) is 0.530. The summed E-state index contributed by atoms with van der Waals surface area (Å²) in [5.41, 5.74) is 8.21. The van der Waals surface area contributed by atoms with Crippen molar-refractivity contribution in [3.63, 3.8) is 0 Å². The van der Waals surface area contributed by atoms with Gasteiger partial charge in [0.05, 0.1) is 4.47 Å². The highest BCUT2D eigenvalue weighted by molar-refractivity contribution is 9.10. The predicted octanol–water partition coefficient (Wildman–Crippen LogP) is 3.61. The number of hydrogen-bond acceptors (Lipinski definition) is 2. The molecule has 1 aliphatic rings. The smallest absolute Gasteiger partial charge is 0.137 e. The van der Waals surface area contributed by atoms with Gasteiger partial charge in [-0.15, -0.1) is 0 Å². The first-order chi connectivity index (χ1) is 7.09. The van der Waals surface area contributed by atoms with E-state index in [2.05, 4.69) is 22.9 Å². The molecule has 0 aliphatic carbocycles. The molecule has 1 aromatic carbocycles. The maximum Gasteiger partial charge on any atom is 0.137 e. The molecule has 1 nitrogen and oxygen atoms in total. The third-order valence-corrected chi connectivity index (χ3v) is 4.80. The van der Waals surface area contributed by atoms with Crippen molar-refractivity contribution in [3.8, 4) is 0 Å². The molecule has 0 saturated heterocycles. The summed E-state index contributed by atoms with van der Waals surface area (Å²) in [7, 11) is 0.